The number of rotatable bonds is 4. The summed E-state index contributed by atoms with van der Waals surface area (Å²) in [7, 11) is 0. The summed E-state index contributed by atoms with van der Waals surface area (Å²) >= 11 is 0. The number of anilines is 1. The molecule has 0 aliphatic carbocycles. The molecule has 1 aliphatic heterocycles. The van der Waals surface area contributed by atoms with Gasteiger partial charge in [-0.25, -0.2) is 0 Å². The van der Waals surface area contributed by atoms with E-state index in [-0.39, 0.29) is 23.0 Å². The topological polar surface area (TPSA) is 71.8 Å². The van der Waals surface area contributed by atoms with Crippen molar-refractivity contribution in [2.45, 2.75) is 6.18 Å². The van der Waals surface area contributed by atoms with Crippen molar-refractivity contribution in [3.63, 3.8) is 0 Å². The lowest BCUT2D eigenvalue weighted by molar-refractivity contribution is -0.137. The van der Waals surface area contributed by atoms with E-state index in [0.717, 1.165) is 12.1 Å². The maximum atomic E-state index is 12.9. The molecule has 1 aliphatic rings. The zero-order valence-electron chi connectivity index (χ0n) is 16.8. The highest BCUT2D eigenvalue weighted by Crippen LogP contribution is 2.32. The van der Waals surface area contributed by atoms with Crippen molar-refractivity contribution < 1.29 is 31.9 Å². The fourth-order valence-electron chi connectivity index (χ4n) is 3.34. The van der Waals surface area contributed by atoms with Gasteiger partial charge in [0.15, 0.2) is 5.76 Å². The first-order valence-electron chi connectivity index (χ1n) is 9.87. The Labute approximate surface area is 181 Å². The van der Waals surface area contributed by atoms with Crippen LogP contribution in [0.1, 0.15) is 26.5 Å². The van der Waals surface area contributed by atoms with Gasteiger partial charge in [-0.05, 0) is 42.5 Å². The minimum Gasteiger partial charge on any atom is -0.451 e. The van der Waals surface area contributed by atoms with Crippen LogP contribution in [0.15, 0.2) is 65.1 Å². The fraction of sp³-hybridized carbons (Fsp3) is 0.217. The van der Waals surface area contributed by atoms with Crippen LogP contribution in [0.5, 0.6) is 0 Å². The van der Waals surface area contributed by atoms with Crippen molar-refractivity contribution in [3.8, 4) is 11.3 Å². The molecule has 166 valence electrons. The number of carbonyl (C=O) groups is 2. The van der Waals surface area contributed by atoms with Crippen molar-refractivity contribution in [2.24, 2.45) is 0 Å². The van der Waals surface area contributed by atoms with Gasteiger partial charge in [-0.1, -0.05) is 18.2 Å². The average molecular weight is 444 g/mol. The number of furan rings is 1. The molecule has 0 spiro atoms. The van der Waals surface area contributed by atoms with E-state index in [2.05, 4.69) is 5.32 Å². The summed E-state index contributed by atoms with van der Waals surface area (Å²) in [4.78, 5) is 26.9. The summed E-state index contributed by atoms with van der Waals surface area (Å²) < 4.78 is 49.5. The summed E-state index contributed by atoms with van der Waals surface area (Å²) in [6.07, 6.45) is -4.48. The summed E-state index contributed by atoms with van der Waals surface area (Å²) in [5, 5.41) is 2.65. The first-order valence-corrected chi connectivity index (χ1v) is 9.87. The van der Waals surface area contributed by atoms with Crippen LogP contribution in [0, 0.1) is 0 Å². The second kappa shape index (κ2) is 8.88. The Morgan fingerprint density at radius 2 is 1.69 bits per heavy atom. The van der Waals surface area contributed by atoms with Crippen molar-refractivity contribution in [2.75, 3.05) is 31.6 Å². The molecule has 6 nitrogen and oxygen atoms in total. The van der Waals surface area contributed by atoms with Gasteiger partial charge in [0.1, 0.15) is 5.76 Å². The summed E-state index contributed by atoms with van der Waals surface area (Å²) in [6.45, 7) is 1.96. The number of hydrogen-bond acceptors (Lipinski definition) is 4. The lowest BCUT2D eigenvalue weighted by Crippen LogP contribution is -2.40. The SMILES string of the molecule is O=C(Nc1cccc(C(=O)N2CCOCC2)c1)c1ccc(-c2cccc(C(F)(F)F)c2)o1. The van der Waals surface area contributed by atoms with Crippen molar-refractivity contribution in [1.82, 2.24) is 4.90 Å². The molecule has 1 N–H and O–H groups in total. The molecule has 2 amide bonds. The van der Waals surface area contributed by atoms with Gasteiger partial charge in [0.2, 0.25) is 0 Å². The highest BCUT2D eigenvalue weighted by Gasteiger charge is 2.30. The molecule has 9 heteroatoms. The molecule has 0 unspecified atom stereocenters. The summed E-state index contributed by atoms with van der Waals surface area (Å²) in [5.74, 6) is -0.673. The molecule has 4 rings (SSSR count). The minimum absolute atomic E-state index is 0.0673. The Hall–Kier alpha value is -3.59. The summed E-state index contributed by atoms with van der Waals surface area (Å²) in [6, 6.07) is 14.0. The Bertz CT molecular complexity index is 1130. The van der Waals surface area contributed by atoms with E-state index in [1.54, 1.807) is 29.2 Å². The Morgan fingerprint density at radius 1 is 0.938 bits per heavy atom. The first-order chi connectivity index (χ1) is 15.3. The third-order valence-electron chi connectivity index (χ3n) is 4.97. The number of ether oxygens (including phenoxy) is 1. The van der Waals surface area contributed by atoms with Crippen molar-refractivity contribution in [1.29, 1.82) is 0 Å². The number of amides is 2. The van der Waals surface area contributed by atoms with Gasteiger partial charge in [0.25, 0.3) is 11.8 Å². The third kappa shape index (κ3) is 4.83. The zero-order chi connectivity index (χ0) is 22.7. The molecule has 0 atom stereocenters. The van der Waals surface area contributed by atoms with E-state index in [0.29, 0.717) is 37.6 Å². The molecule has 3 aromatic rings. The molecular formula is C23H19F3N2O4. The third-order valence-corrected chi connectivity index (χ3v) is 4.97. The second-order valence-electron chi connectivity index (χ2n) is 7.18. The van der Waals surface area contributed by atoms with Gasteiger partial charge in [0.05, 0.1) is 18.8 Å². The highest BCUT2D eigenvalue weighted by molar-refractivity contribution is 6.03. The van der Waals surface area contributed by atoms with Crippen LogP contribution in [0.25, 0.3) is 11.3 Å². The van der Waals surface area contributed by atoms with E-state index < -0.39 is 17.6 Å². The van der Waals surface area contributed by atoms with Crippen LogP contribution in [0.2, 0.25) is 0 Å². The number of benzene rings is 2. The van der Waals surface area contributed by atoms with Gasteiger partial charge in [0, 0.05) is 29.9 Å². The quantitative estimate of drug-likeness (QED) is 0.634. The number of carbonyl (C=O) groups excluding carboxylic acids is 2. The molecular weight excluding hydrogens is 425 g/mol. The van der Waals surface area contributed by atoms with E-state index in [1.807, 2.05) is 0 Å². The number of morpholine rings is 1. The number of alkyl halides is 3. The van der Waals surface area contributed by atoms with Crippen LogP contribution in [-0.2, 0) is 10.9 Å². The second-order valence-corrected chi connectivity index (χ2v) is 7.18. The maximum absolute atomic E-state index is 12.9. The average Bonchev–Trinajstić information content (AvgIpc) is 3.29. The molecule has 1 saturated heterocycles. The fourth-order valence-corrected chi connectivity index (χ4v) is 3.34. The summed E-state index contributed by atoms with van der Waals surface area (Å²) in [5.41, 5.74) is 0.219. The van der Waals surface area contributed by atoms with Crippen LogP contribution < -0.4 is 5.32 Å². The molecule has 0 bridgehead atoms. The van der Waals surface area contributed by atoms with E-state index in [1.165, 1.54) is 24.3 Å². The number of nitrogens with zero attached hydrogens (tertiary/aromatic N) is 1. The molecule has 0 saturated carbocycles. The highest BCUT2D eigenvalue weighted by atomic mass is 19.4. The molecule has 0 radical (unpaired) electrons. The van der Waals surface area contributed by atoms with E-state index in [4.69, 9.17) is 9.15 Å². The van der Waals surface area contributed by atoms with Crippen LogP contribution in [0.3, 0.4) is 0 Å². The molecule has 2 heterocycles. The smallest absolute Gasteiger partial charge is 0.416 e. The monoisotopic (exact) mass is 444 g/mol. The van der Waals surface area contributed by atoms with E-state index in [9.17, 15) is 22.8 Å². The van der Waals surface area contributed by atoms with E-state index >= 15 is 0 Å². The minimum atomic E-state index is -4.48. The molecule has 2 aromatic carbocycles. The normalized spacial score (nSPS) is 14.3. The maximum Gasteiger partial charge on any atom is 0.416 e. The lowest BCUT2D eigenvalue weighted by Gasteiger charge is -2.27. The van der Waals surface area contributed by atoms with Gasteiger partial charge in [-0.2, -0.15) is 13.2 Å². The standard InChI is InChI=1S/C23H19F3N2O4/c24-23(25,26)17-5-1-3-15(13-17)19-7-8-20(32-19)21(29)27-18-6-2-4-16(14-18)22(30)28-9-11-31-12-10-28/h1-8,13-14H,9-12H2,(H,27,29). The zero-order valence-corrected chi connectivity index (χ0v) is 16.8. The van der Waals surface area contributed by atoms with Gasteiger partial charge in [-0.3, -0.25) is 9.59 Å². The molecule has 32 heavy (non-hydrogen) atoms. The predicted molar refractivity (Wildman–Crippen MR) is 110 cm³/mol. The lowest BCUT2D eigenvalue weighted by atomic mass is 10.1. The van der Waals surface area contributed by atoms with Gasteiger partial charge < -0.3 is 19.4 Å². The van der Waals surface area contributed by atoms with Gasteiger partial charge in [-0.15, -0.1) is 0 Å². The molecule has 1 aromatic heterocycles. The Balaban J connectivity index is 1.47. The largest absolute Gasteiger partial charge is 0.451 e. The van der Waals surface area contributed by atoms with Gasteiger partial charge >= 0.3 is 6.18 Å². The first kappa shape index (κ1) is 21.6. The van der Waals surface area contributed by atoms with Crippen molar-refractivity contribution >= 4 is 17.5 Å². The predicted octanol–water partition coefficient (Wildman–Crippen LogP) is 4.69. The Kier molecular flexibility index (Phi) is 6.00. The Morgan fingerprint density at radius 3 is 2.44 bits per heavy atom. The number of nitrogens with one attached hydrogen (secondary N) is 1. The number of halogens is 3. The van der Waals surface area contributed by atoms with Crippen molar-refractivity contribution in [3.05, 3.63) is 77.6 Å². The van der Waals surface area contributed by atoms with Crippen LogP contribution in [-0.4, -0.2) is 43.0 Å². The van der Waals surface area contributed by atoms with Crippen LogP contribution >= 0.6 is 0 Å². The number of hydrogen-bond donors (Lipinski definition) is 1. The molecule has 1 fully saturated rings. The van der Waals surface area contributed by atoms with Crippen LogP contribution in [0.4, 0.5) is 18.9 Å².